The standard InChI is InChI=1S/2C9H13NO4.C5H4O3.C4H9NO.CH4O2S/c2*1-7(9(12)13)6-8(11)10-2-4-14-5-3-10;1-3-2-4(6)8-5(3)7;1-3-6-4-2-5-1;1-4(2)3/h2*1-6H2,(H,12,13);1-2H2;5H,1-4H2;1H3,(H,2,3). The van der Waals surface area contributed by atoms with Gasteiger partial charge in [0.05, 0.1) is 58.9 Å². The van der Waals surface area contributed by atoms with Crippen LogP contribution < -0.4 is 5.32 Å². The number of ether oxygens (including phenoxy) is 4. The van der Waals surface area contributed by atoms with Crippen LogP contribution in [0.1, 0.15) is 19.3 Å². The molecule has 0 spiro atoms. The molecule has 17 nitrogen and oxygen atoms in total. The SMILES string of the molecule is C1COCCN1.C=C(CC(=O)N1CCOCC1)C(=O)O.C=C(CC(=O)N1CCOCC1)C(=O)O.C=C1CC(=O)OC1=O.CS(=O)O. The topological polar surface area (TPSA) is 236 Å². The molecule has 0 saturated carbocycles. The zero-order valence-corrected chi connectivity index (χ0v) is 26.7. The number of nitrogens with zero attached hydrogens (tertiary/aromatic N) is 2. The van der Waals surface area contributed by atoms with Gasteiger partial charge < -0.3 is 48.8 Å². The van der Waals surface area contributed by atoms with E-state index in [4.69, 9.17) is 33.2 Å². The number of hydrogen-bond donors (Lipinski definition) is 4. The Hall–Kier alpha value is -3.81. The number of carboxylic acid groups (broad SMARTS) is 2. The first-order valence-electron chi connectivity index (χ1n) is 13.9. The van der Waals surface area contributed by atoms with Gasteiger partial charge in [-0.05, 0) is 0 Å². The lowest BCUT2D eigenvalue weighted by Crippen LogP contribution is -2.40. The molecule has 4 saturated heterocycles. The lowest BCUT2D eigenvalue weighted by Gasteiger charge is -2.26. The number of esters is 2. The van der Waals surface area contributed by atoms with E-state index in [0.717, 1.165) is 26.3 Å². The third-order valence-electron chi connectivity index (χ3n) is 5.76. The third kappa shape index (κ3) is 21.0. The number of nitrogens with one attached hydrogen (secondary N) is 1. The van der Waals surface area contributed by atoms with Crippen molar-refractivity contribution in [1.29, 1.82) is 0 Å². The van der Waals surface area contributed by atoms with Crippen LogP contribution in [0.3, 0.4) is 0 Å². The Kier molecular flexibility index (Phi) is 22.4. The van der Waals surface area contributed by atoms with Crippen LogP contribution in [0.15, 0.2) is 36.5 Å². The molecule has 260 valence electrons. The quantitative estimate of drug-likeness (QED) is 0.117. The average molecular weight is 678 g/mol. The zero-order chi connectivity index (χ0) is 35.1. The highest BCUT2D eigenvalue weighted by atomic mass is 32.2. The highest BCUT2D eigenvalue weighted by Crippen LogP contribution is 2.11. The van der Waals surface area contributed by atoms with Crippen LogP contribution in [0.4, 0.5) is 0 Å². The van der Waals surface area contributed by atoms with Crippen LogP contribution in [0, 0.1) is 0 Å². The summed E-state index contributed by atoms with van der Waals surface area (Å²) in [7, 11) is 0. The van der Waals surface area contributed by atoms with Gasteiger partial charge in [0.15, 0.2) is 0 Å². The van der Waals surface area contributed by atoms with Gasteiger partial charge in [-0.2, -0.15) is 0 Å². The lowest BCUT2D eigenvalue weighted by atomic mass is 10.2. The van der Waals surface area contributed by atoms with Crippen molar-refractivity contribution in [1.82, 2.24) is 15.1 Å². The highest BCUT2D eigenvalue weighted by Gasteiger charge is 2.24. The maximum atomic E-state index is 11.5. The average Bonchev–Trinajstić information content (AvgIpc) is 3.33. The monoisotopic (exact) mass is 677 g/mol. The summed E-state index contributed by atoms with van der Waals surface area (Å²) >= 11 is -1.61. The fourth-order valence-electron chi connectivity index (χ4n) is 3.34. The van der Waals surface area contributed by atoms with Crippen LogP contribution >= 0.6 is 0 Å². The van der Waals surface area contributed by atoms with E-state index in [1.807, 2.05) is 0 Å². The summed E-state index contributed by atoms with van der Waals surface area (Å²) in [5.41, 5.74) is 0.109. The lowest BCUT2D eigenvalue weighted by molar-refractivity contribution is -0.151. The summed E-state index contributed by atoms with van der Waals surface area (Å²) in [6.45, 7) is 18.0. The van der Waals surface area contributed by atoms with Crippen LogP contribution in [0.25, 0.3) is 0 Å². The number of hydrogen-bond acceptors (Lipinski definition) is 12. The molecule has 4 heterocycles. The number of aliphatic carboxylic acids is 2. The van der Waals surface area contributed by atoms with E-state index in [2.05, 4.69) is 29.8 Å². The molecule has 18 heteroatoms. The minimum absolute atomic E-state index is 0.0544. The second-order valence-corrected chi connectivity index (χ2v) is 10.3. The van der Waals surface area contributed by atoms with Crippen LogP contribution in [-0.4, -0.2) is 150 Å². The van der Waals surface area contributed by atoms with Crippen molar-refractivity contribution >= 4 is 46.8 Å². The maximum absolute atomic E-state index is 11.5. The number of morpholine rings is 3. The third-order valence-corrected chi connectivity index (χ3v) is 5.76. The predicted octanol–water partition coefficient (Wildman–Crippen LogP) is -0.788. The Labute approximate surface area is 269 Å². The van der Waals surface area contributed by atoms with E-state index in [0.29, 0.717) is 52.6 Å². The zero-order valence-electron chi connectivity index (χ0n) is 25.9. The molecular weight excluding hydrogens is 634 g/mol. The summed E-state index contributed by atoms with van der Waals surface area (Å²) < 4.78 is 35.9. The molecule has 4 aliphatic heterocycles. The summed E-state index contributed by atoms with van der Waals surface area (Å²) in [4.78, 5) is 67.4. The molecule has 4 fully saturated rings. The van der Waals surface area contributed by atoms with Crippen LogP contribution in [0.5, 0.6) is 0 Å². The minimum atomic E-state index is -1.61. The first-order chi connectivity index (χ1) is 21.6. The molecule has 4 N–H and O–H groups in total. The normalized spacial score (nSPS) is 17.8. The van der Waals surface area contributed by atoms with Crippen LogP contribution in [-0.2, 0) is 58.8 Å². The van der Waals surface area contributed by atoms with Crippen molar-refractivity contribution in [2.24, 2.45) is 0 Å². The van der Waals surface area contributed by atoms with E-state index in [1.165, 1.54) is 6.26 Å². The Morgan fingerprint density at radius 3 is 1.33 bits per heavy atom. The first kappa shape index (κ1) is 42.2. The molecular formula is C28H43N3O14S. The Morgan fingerprint density at radius 2 is 1.13 bits per heavy atom. The number of rotatable bonds is 6. The van der Waals surface area contributed by atoms with Crippen molar-refractivity contribution in [3.8, 4) is 0 Å². The number of amides is 2. The summed E-state index contributed by atoms with van der Waals surface area (Å²) in [5, 5.41) is 20.2. The summed E-state index contributed by atoms with van der Waals surface area (Å²) in [6, 6.07) is 0. The van der Waals surface area contributed by atoms with Gasteiger partial charge in [-0.25, -0.2) is 18.6 Å². The second-order valence-electron chi connectivity index (χ2n) is 9.49. The van der Waals surface area contributed by atoms with E-state index in [-0.39, 0.29) is 47.8 Å². The fraction of sp³-hybridized carbons (Fsp3) is 0.571. The van der Waals surface area contributed by atoms with Gasteiger partial charge in [0, 0.05) is 62.2 Å². The smallest absolute Gasteiger partial charge is 0.341 e. The molecule has 4 rings (SSSR count). The molecule has 46 heavy (non-hydrogen) atoms. The Bertz CT molecular complexity index is 1020. The van der Waals surface area contributed by atoms with Crippen molar-refractivity contribution in [3.05, 3.63) is 36.5 Å². The molecule has 0 bridgehead atoms. The molecule has 1 unspecified atom stereocenters. The van der Waals surface area contributed by atoms with E-state index < -0.39 is 35.0 Å². The van der Waals surface area contributed by atoms with Crippen molar-refractivity contribution in [3.63, 3.8) is 0 Å². The number of cyclic esters (lactones) is 2. The first-order valence-corrected chi connectivity index (χ1v) is 15.4. The molecule has 1 atom stereocenters. The maximum Gasteiger partial charge on any atom is 0.341 e. The molecule has 0 aliphatic carbocycles. The van der Waals surface area contributed by atoms with E-state index in [9.17, 15) is 28.8 Å². The number of carbonyl (C=O) groups excluding carboxylic acids is 4. The van der Waals surface area contributed by atoms with Crippen molar-refractivity contribution in [2.75, 3.05) is 85.2 Å². The predicted molar refractivity (Wildman–Crippen MR) is 163 cm³/mol. The van der Waals surface area contributed by atoms with E-state index >= 15 is 0 Å². The Morgan fingerprint density at radius 1 is 0.783 bits per heavy atom. The second kappa shape index (κ2) is 24.4. The van der Waals surface area contributed by atoms with Gasteiger partial charge in [-0.3, -0.25) is 14.4 Å². The highest BCUT2D eigenvalue weighted by molar-refractivity contribution is 7.78. The van der Waals surface area contributed by atoms with Gasteiger partial charge in [0.1, 0.15) is 11.1 Å². The summed E-state index contributed by atoms with van der Waals surface area (Å²) in [6.07, 6.45) is 1.02. The molecule has 0 aromatic heterocycles. The van der Waals surface area contributed by atoms with Gasteiger partial charge >= 0.3 is 23.9 Å². The van der Waals surface area contributed by atoms with Crippen molar-refractivity contribution < 1.29 is 66.7 Å². The molecule has 2 amide bonds. The molecule has 0 aromatic rings. The van der Waals surface area contributed by atoms with Gasteiger partial charge in [0.2, 0.25) is 11.8 Å². The van der Waals surface area contributed by atoms with Gasteiger partial charge in [-0.1, -0.05) is 19.7 Å². The van der Waals surface area contributed by atoms with E-state index in [1.54, 1.807) is 9.80 Å². The number of carboxylic acids is 2. The molecule has 4 aliphatic rings. The molecule has 0 aromatic carbocycles. The van der Waals surface area contributed by atoms with Crippen molar-refractivity contribution in [2.45, 2.75) is 19.3 Å². The van der Waals surface area contributed by atoms with Crippen LogP contribution in [0.2, 0.25) is 0 Å². The van der Waals surface area contributed by atoms with Gasteiger partial charge in [0.25, 0.3) is 0 Å². The number of carbonyl (C=O) groups is 6. The van der Waals surface area contributed by atoms with Gasteiger partial charge in [-0.15, -0.1) is 0 Å². The molecule has 0 radical (unpaired) electrons. The fourth-order valence-corrected chi connectivity index (χ4v) is 3.34. The minimum Gasteiger partial charge on any atom is -0.478 e. The summed E-state index contributed by atoms with van der Waals surface area (Å²) in [5.74, 6) is -3.71. The Balaban J connectivity index is 0.000000588. The largest absolute Gasteiger partial charge is 0.478 e.